The smallest absolute Gasteiger partial charge is 0.258 e. The molecule has 1 aliphatic heterocycles. The maximum Gasteiger partial charge on any atom is 0.258 e. The van der Waals surface area contributed by atoms with Crippen molar-refractivity contribution >= 4 is 39.1 Å². The first kappa shape index (κ1) is 21.1. The summed E-state index contributed by atoms with van der Waals surface area (Å²) in [5.41, 5.74) is 0.602. The number of carbonyl (C=O) groups excluding carboxylic acids is 2. The summed E-state index contributed by atoms with van der Waals surface area (Å²) < 4.78 is 38.8. The van der Waals surface area contributed by atoms with Crippen LogP contribution in [0.15, 0.2) is 42.5 Å². The van der Waals surface area contributed by atoms with Gasteiger partial charge >= 0.3 is 0 Å². The predicted molar refractivity (Wildman–Crippen MR) is 108 cm³/mol. The summed E-state index contributed by atoms with van der Waals surface area (Å²) in [7, 11) is -3.39. The number of sulfonamides is 1. The summed E-state index contributed by atoms with van der Waals surface area (Å²) in [5.74, 6) is -1.41. The molecule has 2 amide bonds. The lowest BCUT2D eigenvalue weighted by Crippen LogP contribution is -2.50. The minimum Gasteiger partial charge on any atom is -0.335 e. The van der Waals surface area contributed by atoms with E-state index >= 15 is 0 Å². The maximum absolute atomic E-state index is 14.0. The summed E-state index contributed by atoms with van der Waals surface area (Å²) in [6, 6.07) is 10.2. The van der Waals surface area contributed by atoms with Crippen molar-refractivity contribution in [2.75, 3.05) is 37.2 Å². The van der Waals surface area contributed by atoms with Crippen molar-refractivity contribution < 1.29 is 22.4 Å². The topological polar surface area (TPSA) is 86.8 Å². The molecule has 29 heavy (non-hydrogen) atoms. The third kappa shape index (κ3) is 5.04. The first-order valence-electron chi connectivity index (χ1n) is 8.76. The Morgan fingerprint density at radius 2 is 1.52 bits per heavy atom. The van der Waals surface area contributed by atoms with Gasteiger partial charge in [0.1, 0.15) is 5.82 Å². The fraction of sp³-hybridized carbons (Fsp3) is 0.263. The van der Waals surface area contributed by atoms with E-state index in [0.717, 1.165) is 6.26 Å². The van der Waals surface area contributed by atoms with E-state index in [9.17, 15) is 22.4 Å². The van der Waals surface area contributed by atoms with Crippen LogP contribution in [0.5, 0.6) is 0 Å². The van der Waals surface area contributed by atoms with Gasteiger partial charge in [-0.25, -0.2) is 12.8 Å². The van der Waals surface area contributed by atoms with Gasteiger partial charge < -0.3 is 9.80 Å². The van der Waals surface area contributed by atoms with Gasteiger partial charge in [0.2, 0.25) is 10.0 Å². The fourth-order valence-corrected chi connectivity index (χ4v) is 3.86. The van der Waals surface area contributed by atoms with Crippen molar-refractivity contribution in [1.29, 1.82) is 0 Å². The van der Waals surface area contributed by atoms with Gasteiger partial charge in [0.05, 0.1) is 16.8 Å². The van der Waals surface area contributed by atoms with E-state index in [1.807, 2.05) is 0 Å². The Morgan fingerprint density at radius 1 is 0.966 bits per heavy atom. The highest BCUT2D eigenvalue weighted by atomic mass is 35.5. The Balaban J connectivity index is 1.63. The van der Waals surface area contributed by atoms with Crippen LogP contribution in [0.3, 0.4) is 0 Å². The van der Waals surface area contributed by atoms with Crippen molar-refractivity contribution in [2.24, 2.45) is 0 Å². The van der Waals surface area contributed by atoms with Gasteiger partial charge in [0, 0.05) is 37.4 Å². The molecule has 0 spiro atoms. The van der Waals surface area contributed by atoms with Crippen molar-refractivity contribution in [3.8, 4) is 0 Å². The number of rotatable bonds is 4. The highest BCUT2D eigenvalue weighted by Gasteiger charge is 2.28. The number of piperazine rings is 1. The van der Waals surface area contributed by atoms with Crippen LogP contribution in [0, 0.1) is 5.82 Å². The number of carbonyl (C=O) groups is 2. The molecule has 2 aromatic carbocycles. The molecule has 0 bridgehead atoms. The standard InChI is InChI=1S/C19H19ClFN3O4S/c1-29(27,28)22-14-7-5-13(6-8-14)18(25)23-9-11-24(12-10-23)19(26)17-15(20)3-2-4-16(17)21/h2-8,22H,9-12H2,1H3. The average molecular weight is 440 g/mol. The van der Waals surface area contributed by atoms with Crippen molar-refractivity contribution in [1.82, 2.24) is 9.80 Å². The van der Waals surface area contributed by atoms with Crippen LogP contribution in [0.2, 0.25) is 5.02 Å². The van der Waals surface area contributed by atoms with Gasteiger partial charge in [0.25, 0.3) is 11.8 Å². The van der Waals surface area contributed by atoms with Crippen LogP contribution < -0.4 is 4.72 Å². The first-order valence-corrected chi connectivity index (χ1v) is 11.0. The molecule has 3 rings (SSSR count). The number of benzene rings is 2. The molecule has 7 nitrogen and oxygen atoms in total. The monoisotopic (exact) mass is 439 g/mol. The van der Waals surface area contributed by atoms with Gasteiger partial charge in [-0.05, 0) is 36.4 Å². The minimum atomic E-state index is -3.39. The predicted octanol–water partition coefficient (Wildman–Crippen LogP) is 2.45. The summed E-state index contributed by atoms with van der Waals surface area (Å²) >= 11 is 5.96. The highest BCUT2D eigenvalue weighted by molar-refractivity contribution is 7.92. The third-order valence-corrected chi connectivity index (χ3v) is 5.39. The lowest BCUT2D eigenvalue weighted by Gasteiger charge is -2.35. The Bertz CT molecular complexity index is 1020. The number of hydrogen-bond acceptors (Lipinski definition) is 4. The number of hydrogen-bond donors (Lipinski definition) is 1. The van der Waals surface area contributed by atoms with E-state index in [-0.39, 0.29) is 29.6 Å². The zero-order valence-corrected chi connectivity index (χ0v) is 17.1. The molecule has 1 saturated heterocycles. The molecule has 154 valence electrons. The fourth-order valence-electron chi connectivity index (χ4n) is 3.05. The number of nitrogens with one attached hydrogen (secondary N) is 1. The Hall–Kier alpha value is -2.65. The SMILES string of the molecule is CS(=O)(=O)Nc1ccc(C(=O)N2CCN(C(=O)c3c(F)cccc3Cl)CC2)cc1. The number of halogens is 2. The molecule has 0 aromatic heterocycles. The largest absolute Gasteiger partial charge is 0.335 e. The molecule has 1 heterocycles. The van der Waals surface area contributed by atoms with Crippen LogP contribution >= 0.6 is 11.6 Å². The minimum absolute atomic E-state index is 0.0521. The van der Waals surface area contributed by atoms with Crippen LogP contribution in [0.25, 0.3) is 0 Å². The quantitative estimate of drug-likeness (QED) is 0.792. The Morgan fingerprint density at radius 3 is 2.03 bits per heavy atom. The van der Waals surface area contributed by atoms with E-state index < -0.39 is 21.7 Å². The van der Waals surface area contributed by atoms with Gasteiger partial charge in [0.15, 0.2) is 0 Å². The summed E-state index contributed by atoms with van der Waals surface area (Å²) in [6.07, 6.45) is 1.04. The molecule has 1 N–H and O–H groups in total. The molecule has 0 atom stereocenters. The molecular formula is C19H19ClFN3O4S. The van der Waals surface area contributed by atoms with Crippen LogP contribution in [-0.4, -0.2) is 62.5 Å². The van der Waals surface area contributed by atoms with Gasteiger partial charge in [-0.2, -0.15) is 0 Å². The molecule has 0 saturated carbocycles. The van der Waals surface area contributed by atoms with Crippen LogP contribution in [0.4, 0.5) is 10.1 Å². The summed E-state index contributed by atoms with van der Waals surface area (Å²) in [5, 5.41) is 0.0521. The van der Waals surface area contributed by atoms with Crippen molar-refractivity contribution in [3.05, 3.63) is 64.4 Å². The first-order chi connectivity index (χ1) is 13.7. The molecule has 1 aliphatic rings. The summed E-state index contributed by atoms with van der Waals surface area (Å²) in [6.45, 7) is 1.09. The molecular weight excluding hydrogens is 421 g/mol. The average Bonchev–Trinajstić information content (AvgIpc) is 2.67. The second kappa shape index (κ2) is 8.38. The van der Waals surface area contributed by atoms with E-state index in [1.54, 1.807) is 4.90 Å². The van der Waals surface area contributed by atoms with Crippen LogP contribution in [0.1, 0.15) is 20.7 Å². The van der Waals surface area contributed by atoms with Crippen molar-refractivity contribution in [2.45, 2.75) is 0 Å². The zero-order valence-electron chi connectivity index (χ0n) is 15.6. The number of anilines is 1. The number of nitrogens with zero attached hydrogens (tertiary/aromatic N) is 2. The second-order valence-electron chi connectivity index (χ2n) is 6.63. The van der Waals surface area contributed by atoms with Gasteiger partial charge in [-0.15, -0.1) is 0 Å². The summed E-state index contributed by atoms with van der Waals surface area (Å²) in [4.78, 5) is 28.3. The molecule has 2 aromatic rings. The maximum atomic E-state index is 14.0. The molecule has 0 unspecified atom stereocenters. The van der Waals surface area contributed by atoms with Crippen LogP contribution in [-0.2, 0) is 10.0 Å². The lowest BCUT2D eigenvalue weighted by atomic mass is 10.1. The third-order valence-electron chi connectivity index (χ3n) is 4.47. The normalized spacial score (nSPS) is 14.6. The molecule has 10 heteroatoms. The van der Waals surface area contributed by atoms with Crippen molar-refractivity contribution in [3.63, 3.8) is 0 Å². The zero-order chi connectivity index (χ0) is 21.2. The molecule has 0 aliphatic carbocycles. The Labute approximate surface area is 173 Å². The van der Waals surface area contributed by atoms with E-state index in [1.165, 1.54) is 47.4 Å². The second-order valence-corrected chi connectivity index (χ2v) is 8.79. The highest BCUT2D eigenvalue weighted by Crippen LogP contribution is 2.22. The molecule has 1 fully saturated rings. The van der Waals surface area contributed by atoms with E-state index in [4.69, 9.17) is 11.6 Å². The van der Waals surface area contributed by atoms with Gasteiger partial charge in [-0.1, -0.05) is 17.7 Å². The molecule has 0 radical (unpaired) electrons. The van der Waals surface area contributed by atoms with Gasteiger partial charge in [-0.3, -0.25) is 14.3 Å². The van der Waals surface area contributed by atoms with E-state index in [0.29, 0.717) is 24.3 Å². The lowest BCUT2D eigenvalue weighted by molar-refractivity contribution is 0.0533. The number of amides is 2. The van der Waals surface area contributed by atoms with E-state index in [2.05, 4.69) is 4.72 Å². The Kier molecular flexibility index (Phi) is 6.09.